The summed E-state index contributed by atoms with van der Waals surface area (Å²) in [5, 5.41) is 10.7. The van der Waals surface area contributed by atoms with Crippen molar-refractivity contribution in [2.75, 3.05) is 13.1 Å². The zero-order valence-corrected chi connectivity index (χ0v) is 13.7. The van der Waals surface area contributed by atoms with E-state index >= 15 is 0 Å². The highest BCUT2D eigenvalue weighted by Crippen LogP contribution is 2.22. The fourth-order valence-electron chi connectivity index (χ4n) is 2.73. The summed E-state index contributed by atoms with van der Waals surface area (Å²) >= 11 is 0. The Bertz CT molecular complexity index is 849. The van der Waals surface area contributed by atoms with Gasteiger partial charge >= 0.3 is 5.88 Å². The molecular weight excluding hydrogens is 344 g/mol. The van der Waals surface area contributed by atoms with Gasteiger partial charge in [-0.1, -0.05) is 0 Å². The summed E-state index contributed by atoms with van der Waals surface area (Å²) in [6.07, 6.45) is 2.55. The van der Waals surface area contributed by atoms with E-state index in [9.17, 15) is 19.7 Å². The first-order valence-electron chi connectivity index (χ1n) is 7.90. The number of nitro groups is 1. The van der Waals surface area contributed by atoms with Crippen LogP contribution in [0, 0.1) is 10.1 Å². The molecule has 1 saturated heterocycles. The quantitative estimate of drug-likeness (QED) is 0.626. The third kappa shape index (κ3) is 3.79. The zero-order valence-electron chi connectivity index (χ0n) is 13.7. The molecule has 2 amide bonds. The van der Waals surface area contributed by atoms with Crippen molar-refractivity contribution in [3.05, 3.63) is 52.0 Å². The third-order valence-corrected chi connectivity index (χ3v) is 3.93. The van der Waals surface area contributed by atoms with Gasteiger partial charge in [0.2, 0.25) is 0 Å². The van der Waals surface area contributed by atoms with E-state index in [1.165, 1.54) is 23.2 Å². The summed E-state index contributed by atoms with van der Waals surface area (Å²) in [7, 11) is 0. The minimum absolute atomic E-state index is 0.0859. The lowest BCUT2D eigenvalue weighted by molar-refractivity contribution is -0.402. The summed E-state index contributed by atoms with van der Waals surface area (Å²) in [6.45, 7) is 0.789. The van der Waals surface area contributed by atoms with Gasteiger partial charge in [0, 0.05) is 18.8 Å². The van der Waals surface area contributed by atoms with Gasteiger partial charge < -0.3 is 19.8 Å². The lowest BCUT2D eigenvalue weighted by Crippen LogP contribution is -2.44. The Morgan fingerprint density at radius 1 is 1.38 bits per heavy atom. The van der Waals surface area contributed by atoms with Crippen LogP contribution < -0.4 is 10.5 Å². The molecule has 0 radical (unpaired) electrons. The van der Waals surface area contributed by atoms with Crippen LogP contribution in [0.3, 0.4) is 0 Å². The van der Waals surface area contributed by atoms with Gasteiger partial charge in [0.15, 0.2) is 5.76 Å². The number of hydrogen-bond acceptors (Lipinski definition) is 7. The first kappa shape index (κ1) is 17.4. The van der Waals surface area contributed by atoms with Crippen LogP contribution in [0.1, 0.15) is 33.9 Å². The second-order valence-electron chi connectivity index (χ2n) is 5.77. The van der Waals surface area contributed by atoms with Gasteiger partial charge in [-0.3, -0.25) is 24.7 Å². The minimum Gasteiger partial charge on any atom is -0.488 e. The Hall–Kier alpha value is -3.43. The van der Waals surface area contributed by atoms with Crippen LogP contribution in [0.4, 0.5) is 5.88 Å². The number of piperidine rings is 1. The van der Waals surface area contributed by atoms with Gasteiger partial charge in [0.1, 0.15) is 22.5 Å². The van der Waals surface area contributed by atoms with E-state index in [0.29, 0.717) is 25.3 Å². The molecule has 136 valence electrons. The molecule has 2 aromatic heterocycles. The number of carbonyl (C=O) groups is 2. The van der Waals surface area contributed by atoms with E-state index < -0.39 is 22.6 Å². The molecule has 26 heavy (non-hydrogen) atoms. The zero-order chi connectivity index (χ0) is 18.7. The maximum absolute atomic E-state index is 12.5. The number of likely N-dealkylation sites (tertiary alicyclic amines) is 1. The Balaban J connectivity index is 1.67. The molecule has 2 aromatic rings. The SMILES string of the molecule is NC(=O)c1cc(OC2CCCN(C(=O)c3ccc([N+](=O)[O-])o3)C2)ccn1. The fraction of sp³-hybridized carbons (Fsp3) is 0.312. The molecule has 1 atom stereocenters. The third-order valence-electron chi connectivity index (χ3n) is 3.93. The Labute approximate surface area is 147 Å². The van der Waals surface area contributed by atoms with Crippen LogP contribution in [0.2, 0.25) is 0 Å². The number of nitrogens with two attached hydrogens (primary N) is 1. The van der Waals surface area contributed by atoms with Crippen molar-refractivity contribution in [3.63, 3.8) is 0 Å². The molecular formula is C16H16N4O6. The Morgan fingerprint density at radius 3 is 2.88 bits per heavy atom. The predicted octanol–water partition coefficient (Wildman–Crippen LogP) is 1.37. The van der Waals surface area contributed by atoms with Crippen molar-refractivity contribution in [2.24, 2.45) is 5.73 Å². The molecule has 1 fully saturated rings. The number of hydrogen-bond donors (Lipinski definition) is 1. The maximum atomic E-state index is 12.5. The molecule has 2 N–H and O–H groups in total. The second kappa shape index (κ2) is 7.21. The molecule has 10 heteroatoms. The molecule has 1 unspecified atom stereocenters. The van der Waals surface area contributed by atoms with Crippen LogP contribution in [-0.2, 0) is 0 Å². The van der Waals surface area contributed by atoms with Crippen LogP contribution in [-0.4, -0.2) is 45.8 Å². The van der Waals surface area contributed by atoms with Gasteiger partial charge in [0.25, 0.3) is 11.8 Å². The monoisotopic (exact) mass is 360 g/mol. The Morgan fingerprint density at radius 2 is 2.19 bits per heavy atom. The average molecular weight is 360 g/mol. The second-order valence-corrected chi connectivity index (χ2v) is 5.77. The number of carbonyl (C=O) groups excluding carboxylic acids is 2. The van der Waals surface area contributed by atoms with Crippen molar-refractivity contribution in [3.8, 4) is 5.75 Å². The van der Waals surface area contributed by atoms with Crippen LogP contribution in [0.15, 0.2) is 34.9 Å². The highest BCUT2D eigenvalue weighted by atomic mass is 16.6. The van der Waals surface area contributed by atoms with Gasteiger partial charge in [-0.05, 0) is 25.0 Å². The summed E-state index contributed by atoms with van der Waals surface area (Å²) in [4.78, 5) is 39.0. The molecule has 0 aromatic carbocycles. The standard InChI is InChI=1S/C16H16N4O6/c17-15(21)12-8-10(5-6-18-12)25-11-2-1-7-19(9-11)16(22)13-3-4-14(26-13)20(23)24/h3-6,8,11H,1-2,7,9H2,(H2,17,21). The average Bonchev–Trinajstić information content (AvgIpc) is 3.12. The molecule has 0 bridgehead atoms. The Kier molecular flexibility index (Phi) is 4.83. The van der Waals surface area contributed by atoms with Crippen LogP contribution in [0.5, 0.6) is 5.75 Å². The molecule has 0 spiro atoms. The van der Waals surface area contributed by atoms with Gasteiger partial charge in [-0.25, -0.2) is 0 Å². The maximum Gasteiger partial charge on any atom is 0.433 e. The molecule has 3 heterocycles. The summed E-state index contributed by atoms with van der Waals surface area (Å²) < 4.78 is 10.8. The van der Waals surface area contributed by atoms with E-state index in [1.54, 1.807) is 6.07 Å². The lowest BCUT2D eigenvalue weighted by atomic mass is 10.1. The number of primary amides is 1. The lowest BCUT2D eigenvalue weighted by Gasteiger charge is -2.32. The number of pyridine rings is 1. The number of amides is 2. The molecule has 1 aliphatic heterocycles. The van der Waals surface area contributed by atoms with E-state index in [-0.39, 0.29) is 17.6 Å². The topological polar surface area (TPSA) is 142 Å². The highest BCUT2D eigenvalue weighted by molar-refractivity contribution is 5.92. The van der Waals surface area contributed by atoms with Crippen molar-refractivity contribution in [2.45, 2.75) is 18.9 Å². The van der Waals surface area contributed by atoms with Gasteiger partial charge in [0.05, 0.1) is 12.6 Å². The van der Waals surface area contributed by atoms with E-state index in [0.717, 1.165) is 12.5 Å². The number of rotatable bonds is 5. The summed E-state index contributed by atoms with van der Waals surface area (Å²) in [6, 6.07) is 5.47. The molecule has 10 nitrogen and oxygen atoms in total. The smallest absolute Gasteiger partial charge is 0.433 e. The molecule has 0 saturated carbocycles. The largest absolute Gasteiger partial charge is 0.488 e. The first-order chi connectivity index (χ1) is 12.4. The predicted molar refractivity (Wildman–Crippen MR) is 87.7 cm³/mol. The number of aromatic nitrogens is 1. The summed E-state index contributed by atoms with van der Waals surface area (Å²) in [5.74, 6) is -1.22. The normalized spacial score (nSPS) is 16.9. The van der Waals surface area contributed by atoms with Crippen LogP contribution >= 0.6 is 0 Å². The van der Waals surface area contributed by atoms with Crippen LogP contribution in [0.25, 0.3) is 0 Å². The van der Waals surface area contributed by atoms with Gasteiger partial charge in [-0.15, -0.1) is 0 Å². The number of ether oxygens (including phenoxy) is 1. The van der Waals surface area contributed by atoms with Crippen molar-refractivity contribution in [1.29, 1.82) is 0 Å². The highest BCUT2D eigenvalue weighted by Gasteiger charge is 2.28. The van der Waals surface area contributed by atoms with Gasteiger partial charge in [-0.2, -0.15) is 0 Å². The van der Waals surface area contributed by atoms with E-state index in [4.69, 9.17) is 14.9 Å². The molecule has 3 rings (SSSR count). The molecule has 0 aliphatic carbocycles. The first-order valence-corrected chi connectivity index (χ1v) is 7.90. The van der Waals surface area contributed by atoms with E-state index in [1.807, 2.05) is 0 Å². The minimum atomic E-state index is -0.696. The molecule has 1 aliphatic rings. The van der Waals surface area contributed by atoms with Crippen molar-refractivity contribution >= 4 is 17.7 Å². The fourth-order valence-corrected chi connectivity index (χ4v) is 2.73. The van der Waals surface area contributed by atoms with Crippen molar-refractivity contribution < 1.29 is 23.7 Å². The number of furan rings is 1. The van der Waals surface area contributed by atoms with Crippen molar-refractivity contribution in [1.82, 2.24) is 9.88 Å². The van der Waals surface area contributed by atoms with E-state index in [2.05, 4.69) is 4.98 Å². The summed E-state index contributed by atoms with van der Waals surface area (Å²) in [5.41, 5.74) is 5.29. The number of nitrogens with zero attached hydrogens (tertiary/aromatic N) is 3.